The second kappa shape index (κ2) is 8.51. The van der Waals surface area contributed by atoms with Gasteiger partial charge in [0.05, 0.1) is 17.8 Å². The first-order valence-electron chi connectivity index (χ1n) is 10.9. The number of hydrogen-bond acceptors (Lipinski definition) is 6. The number of aromatic nitrogens is 7. The quantitative estimate of drug-likeness (QED) is 0.435. The minimum atomic E-state index is -0.114. The van der Waals surface area contributed by atoms with Crippen LogP contribution in [0, 0.1) is 27.7 Å². The Labute approximate surface area is 196 Å². The van der Waals surface area contributed by atoms with Gasteiger partial charge in [-0.05, 0) is 52.0 Å². The van der Waals surface area contributed by atoms with E-state index in [9.17, 15) is 4.79 Å². The smallest absolute Gasteiger partial charge is 0.251 e. The summed E-state index contributed by atoms with van der Waals surface area (Å²) in [6, 6.07) is 11.4. The molecule has 0 unspecified atom stereocenters. The van der Waals surface area contributed by atoms with Crippen molar-refractivity contribution >= 4 is 17.4 Å². The lowest BCUT2D eigenvalue weighted by molar-refractivity contribution is -0.115. The van der Waals surface area contributed by atoms with Gasteiger partial charge in [-0.15, -0.1) is 0 Å². The fraction of sp³-hybridized carbons (Fsp3) is 0.200. The van der Waals surface area contributed by atoms with Crippen molar-refractivity contribution in [3.63, 3.8) is 0 Å². The molecule has 1 aromatic carbocycles. The van der Waals surface area contributed by atoms with E-state index in [0.29, 0.717) is 11.7 Å². The van der Waals surface area contributed by atoms with Gasteiger partial charge in [-0.25, -0.2) is 24.6 Å². The van der Waals surface area contributed by atoms with Crippen molar-refractivity contribution in [2.24, 2.45) is 0 Å². The van der Waals surface area contributed by atoms with Crippen molar-refractivity contribution in [1.82, 2.24) is 34.1 Å². The molecule has 170 valence electrons. The van der Waals surface area contributed by atoms with Crippen LogP contribution in [0.1, 0.15) is 28.3 Å². The summed E-state index contributed by atoms with van der Waals surface area (Å²) >= 11 is 0. The van der Waals surface area contributed by atoms with Crippen molar-refractivity contribution in [2.45, 2.75) is 34.1 Å². The largest absolute Gasteiger partial charge is 0.326 e. The Bertz CT molecular complexity index is 1460. The van der Waals surface area contributed by atoms with Gasteiger partial charge < -0.3 is 5.32 Å². The molecule has 0 spiro atoms. The molecule has 0 radical (unpaired) electrons. The second-order valence-corrected chi connectivity index (χ2v) is 8.27. The van der Waals surface area contributed by atoms with Gasteiger partial charge in [-0.1, -0.05) is 12.1 Å². The fourth-order valence-corrected chi connectivity index (χ4v) is 3.99. The van der Waals surface area contributed by atoms with Crippen LogP contribution >= 0.6 is 0 Å². The predicted molar refractivity (Wildman–Crippen MR) is 129 cm³/mol. The van der Waals surface area contributed by atoms with Gasteiger partial charge in [0, 0.05) is 52.5 Å². The lowest BCUT2D eigenvalue weighted by Crippen LogP contribution is -2.15. The van der Waals surface area contributed by atoms with E-state index >= 15 is 0 Å². The molecule has 9 heteroatoms. The normalized spacial score (nSPS) is 11.2. The number of carbonyl (C=O) groups is 1. The van der Waals surface area contributed by atoms with Crippen molar-refractivity contribution in [3.05, 3.63) is 83.3 Å². The number of aryl methyl sites for hydroxylation is 3. The van der Waals surface area contributed by atoms with Gasteiger partial charge in [0.1, 0.15) is 0 Å². The average molecular weight is 453 g/mol. The van der Waals surface area contributed by atoms with Crippen molar-refractivity contribution in [1.29, 1.82) is 0 Å². The molecule has 34 heavy (non-hydrogen) atoms. The molecule has 9 nitrogen and oxygen atoms in total. The summed E-state index contributed by atoms with van der Waals surface area (Å²) in [5.41, 5.74) is 6.74. The summed E-state index contributed by atoms with van der Waals surface area (Å²) in [4.78, 5) is 30.6. The van der Waals surface area contributed by atoms with Crippen LogP contribution in [0.2, 0.25) is 0 Å². The van der Waals surface area contributed by atoms with Gasteiger partial charge in [-0.2, -0.15) is 5.10 Å². The third kappa shape index (κ3) is 4.15. The number of hydrogen-bond donors (Lipinski definition) is 1. The molecular formula is C25H24N8O. The summed E-state index contributed by atoms with van der Waals surface area (Å²) in [5, 5.41) is 7.56. The van der Waals surface area contributed by atoms with Gasteiger partial charge in [0.15, 0.2) is 0 Å². The van der Waals surface area contributed by atoms with E-state index in [1.54, 1.807) is 10.9 Å². The fourth-order valence-electron chi connectivity index (χ4n) is 3.99. The van der Waals surface area contributed by atoms with Gasteiger partial charge in [0.25, 0.3) is 5.95 Å². The Balaban J connectivity index is 1.31. The first kappa shape index (κ1) is 21.4. The van der Waals surface area contributed by atoms with Gasteiger partial charge in [0.2, 0.25) is 11.7 Å². The maximum atomic E-state index is 12.8. The summed E-state index contributed by atoms with van der Waals surface area (Å²) < 4.78 is 3.58. The molecule has 4 aromatic heterocycles. The number of rotatable bonds is 5. The predicted octanol–water partition coefficient (Wildman–Crippen LogP) is 3.79. The van der Waals surface area contributed by atoms with Crippen molar-refractivity contribution in [2.75, 3.05) is 5.32 Å². The molecule has 1 amide bonds. The summed E-state index contributed by atoms with van der Waals surface area (Å²) in [6.07, 6.45) is 5.76. The minimum Gasteiger partial charge on any atom is -0.326 e. The van der Waals surface area contributed by atoms with Gasteiger partial charge >= 0.3 is 0 Å². The lowest BCUT2D eigenvalue weighted by Gasteiger charge is -2.07. The Morgan fingerprint density at radius 3 is 2.44 bits per heavy atom. The van der Waals surface area contributed by atoms with Crippen LogP contribution < -0.4 is 5.32 Å². The molecule has 0 aliphatic carbocycles. The van der Waals surface area contributed by atoms with Crippen LogP contribution in [0.5, 0.6) is 0 Å². The molecule has 0 saturated heterocycles. The SMILES string of the molecule is Cc1cc(C)nc(-n2nc(C)c(CC(=O)Nc3ccc(-c4cn5cccnc5n4)cc3)c2C)n1. The Morgan fingerprint density at radius 2 is 1.74 bits per heavy atom. The van der Waals surface area contributed by atoms with Crippen LogP contribution in [0.4, 0.5) is 5.69 Å². The van der Waals surface area contributed by atoms with E-state index in [1.165, 1.54) is 0 Å². The topological polar surface area (TPSA) is 103 Å². The summed E-state index contributed by atoms with van der Waals surface area (Å²) in [6.45, 7) is 7.68. The molecule has 0 saturated carbocycles. The molecule has 0 aliphatic heterocycles. The highest BCUT2D eigenvalue weighted by Gasteiger charge is 2.18. The van der Waals surface area contributed by atoms with Crippen LogP contribution in [0.3, 0.4) is 0 Å². The Kier molecular flexibility index (Phi) is 5.37. The third-order valence-electron chi connectivity index (χ3n) is 5.64. The molecule has 5 aromatic rings. The maximum absolute atomic E-state index is 12.8. The molecule has 5 rings (SSSR count). The summed E-state index contributed by atoms with van der Waals surface area (Å²) in [5.74, 6) is 1.05. The minimum absolute atomic E-state index is 0.114. The number of fused-ring (bicyclic) bond motifs is 1. The van der Waals surface area contributed by atoms with Crippen LogP contribution in [0.25, 0.3) is 23.0 Å². The number of benzene rings is 1. The highest BCUT2D eigenvalue weighted by molar-refractivity contribution is 5.92. The Morgan fingerprint density at radius 1 is 1.00 bits per heavy atom. The van der Waals surface area contributed by atoms with E-state index in [-0.39, 0.29) is 12.3 Å². The molecular weight excluding hydrogens is 428 g/mol. The first-order valence-corrected chi connectivity index (χ1v) is 10.9. The van der Waals surface area contributed by atoms with E-state index in [1.807, 2.05) is 80.9 Å². The van der Waals surface area contributed by atoms with E-state index in [2.05, 4.69) is 30.4 Å². The monoisotopic (exact) mass is 452 g/mol. The summed E-state index contributed by atoms with van der Waals surface area (Å²) in [7, 11) is 0. The number of carbonyl (C=O) groups excluding carboxylic acids is 1. The second-order valence-electron chi connectivity index (χ2n) is 8.27. The highest BCUT2D eigenvalue weighted by Crippen LogP contribution is 2.22. The number of anilines is 1. The molecule has 0 aliphatic rings. The maximum Gasteiger partial charge on any atom is 0.251 e. The Hall–Kier alpha value is -4.40. The third-order valence-corrected chi connectivity index (χ3v) is 5.64. The molecule has 0 atom stereocenters. The van der Waals surface area contributed by atoms with Gasteiger partial charge in [-0.3, -0.25) is 9.20 Å². The lowest BCUT2D eigenvalue weighted by atomic mass is 10.1. The zero-order valence-corrected chi connectivity index (χ0v) is 19.4. The zero-order chi connectivity index (χ0) is 23.8. The van der Waals surface area contributed by atoms with E-state index in [4.69, 9.17) is 0 Å². The van der Waals surface area contributed by atoms with Crippen molar-refractivity contribution in [3.8, 4) is 17.2 Å². The van der Waals surface area contributed by atoms with E-state index < -0.39 is 0 Å². The number of imidazole rings is 1. The zero-order valence-electron chi connectivity index (χ0n) is 19.4. The standard InChI is InChI=1S/C25H24N8O/c1-15-12-16(2)28-25(27-15)33-18(4)21(17(3)31-33)13-23(34)29-20-8-6-19(7-9-20)22-14-32-11-5-10-26-24(32)30-22/h5-12,14H,13H2,1-4H3,(H,29,34). The van der Waals surface area contributed by atoms with Crippen LogP contribution in [0.15, 0.2) is 55.0 Å². The highest BCUT2D eigenvalue weighted by atomic mass is 16.1. The molecule has 0 fully saturated rings. The van der Waals surface area contributed by atoms with Crippen molar-refractivity contribution < 1.29 is 4.79 Å². The molecule has 0 bridgehead atoms. The number of nitrogens with one attached hydrogen (secondary N) is 1. The van der Waals surface area contributed by atoms with Crippen LogP contribution in [-0.2, 0) is 11.2 Å². The first-order chi connectivity index (χ1) is 16.4. The molecule has 4 heterocycles. The van der Waals surface area contributed by atoms with Crippen LogP contribution in [-0.4, -0.2) is 40.0 Å². The number of nitrogens with zero attached hydrogens (tertiary/aromatic N) is 7. The number of amides is 1. The average Bonchev–Trinajstić information content (AvgIpc) is 3.35. The van der Waals surface area contributed by atoms with E-state index in [0.717, 1.165) is 45.3 Å². The molecule has 1 N–H and O–H groups in total.